The van der Waals surface area contributed by atoms with Crippen molar-refractivity contribution in [1.82, 2.24) is 15.1 Å². The van der Waals surface area contributed by atoms with Gasteiger partial charge in [-0.3, -0.25) is 4.68 Å². The van der Waals surface area contributed by atoms with Crippen molar-refractivity contribution in [3.8, 4) is 0 Å². The second kappa shape index (κ2) is 6.71. The predicted molar refractivity (Wildman–Crippen MR) is 87.0 cm³/mol. The number of benzene rings is 1. The molecule has 0 aliphatic heterocycles. The van der Waals surface area contributed by atoms with Crippen LogP contribution >= 0.6 is 15.9 Å². The molecule has 0 radical (unpaired) electrons. The van der Waals surface area contributed by atoms with Gasteiger partial charge in [-0.15, -0.1) is 0 Å². The summed E-state index contributed by atoms with van der Waals surface area (Å²) in [6.45, 7) is 8.91. The quantitative estimate of drug-likeness (QED) is 0.864. The van der Waals surface area contributed by atoms with Crippen molar-refractivity contribution in [3.63, 3.8) is 0 Å². The van der Waals surface area contributed by atoms with E-state index in [1.807, 2.05) is 24.6 Å². The van der Waals surface area contributed by atoms with Gasteiger partial charge >= 0.3 is 0 Å². The lowest BCUT2D eigenvalue weighted by Crippen LogP contribution is -2.26. The van der Waals surface area contributed by atoms with Gasteiger partial charge in [0.05, 0.1) is 22.4 Å². The van der Waals surface area contributed by atoms with E-state index in [9.17, 15) is 4.39 Å². The number of nitrogens with one attached hydrogen (secondary N) is 1. The van der Waals surface area contributed by atoms with Crippen molar-refractivity contribution in [3.05, 3.63) is 51.5 Å². The molecule has 1 aromatic carbocycles. The molecule has 0 fully saturated rings. The Bertz CT molecular complexity index is 602. The van der Waals surface area contributed by atoms with Gasteiger partial charge in [-0.2, -0.15) is 5.10 Å². The fraction of sp³-hybridized carbons (Fsp3) is 0.438. The van der Waals surface area contributed by atoms with Gasteiger partial charge in [-0.1, -0.05) is 13.0 Å². The fourth-order valence-electron chi connectivity index (χ4n) is 2.54. The molecule has 1 unspecified atom stereocenters. The molecule has 0 amide bonds. The molecular weight excluding hydrogens is 333 g/mol. The number of nitrogens with zero attached hydrogens (tertiary/aromatic N) is 2. The SMILES string of the molecule is CCNC(c1cc(C)cc(F)c1)c1c(Br)cnn1C(C)C. The summed E-state index contributed by atoms with van der Waals surface area (Å²) in [5.41, 5.74) is 2.86. The van der Waals surface area contributed by atoms with Crippen molar-refractivity contribution in [1.29, 1.82) is 0 Å². The van der Waals surface area contributed by atoms with E-state index >= 15 is 0 Å². The van der Waals surface area contributed by atoms with E-state index in [-0.39, 0.29) is 17.9 Å². The molecule has 5 heteroatoms. The second-order valence-corrected chi connectivity index (χ2v) is 6.32. The van der Waals surface area contributed by atoms with Gasteiger partial charge in [0.15, 0.2) is 0 Å². The molecule has 1 atom stereocenters. The van der Waals surface area contributed by atoms with Crippen LogP contribution in [0, 0.1) is 12.7 Å². The second-order valence-electron chi connectivity index (χ2n) is 5.47. The van der Waals surface area contributed by atoms with Crippen LogP contribution in [0.25, 0.3) is 0 Å². The minimum atomic E-state index is -0.209. The van der Waals surface area contributed by atoms with E-state index in [0.717, 1.165) is 27.8 Å². The Morgan fingerprint density at radius 3 is 2.62 bits per heavy atom. The topological polar surface area (TPSA) is 29.9 Å². The van der Waals surface area contributed by atoms with Crippen molar-refractivity contribution in [2.75, 3.05) is 6.54 Å². The average molecular weight is 354 g/mol. The monoisotopic (exact) mass is 353 g/mol. The first-order valence-corrected chi connectivity index (χ1v) is 7.96. The number of aryl methyl sites for hydroxylation is 1. The Kier molecular flexibility index (Phi) is 5.17. The Morgan fingerprint density at radius 1 is 1.33 bits per heavy atom. The predicted octanol–water partition coefficient (Wildman–Crippen LogP) is 4.37. The Labute approximate surface area is 133 Å². The molecule has 3 nitrogen and oxygen atoms in total. The molecule has 0 aliphatic rings. The largest absolute Gasteiger partial charge is 0.305 e. The summed E-state index contributed by atoms with van der Waals surface area (Å²) in [5.74, 6) is -0.209. The van der Waals surface area contributed by atoms with E-state index in [4.69, 9.17) is 0 Å². The third kappa shape index (κ3) is 3.52. The first-order chi connectivity index (χ1) is 9.93. The third-order valence-electron chi connectivity index (χ3n) is 3.36. The molecule has 1 N–H and O–H groups in total. The highest BCUT2D eigenvalue weighted by molar-refractivity contribution is 9.10. The summed E-state index contributed by atoms with van der Waals surface area (Å²) in [5, 5.41) is 7.86. The maximum Gasteiger partial charge on any atom is 0.123 e. The van der Waals surface area contributed by atoms with Gasteiger partial charge in [0.25, 0.3) is 0 Å². The van der Waals surface area contributed by atoms with Crippen molar-refractivity contribution in [2.45, 2.75) is 39.8 Å². The molecule has 0 bridgehead atoms. The molecule has 1 aromatic heterocycles. The zero-order valence-electron chi connectivity index (χ0n) is 12.8. The highest BCUT2D eigenvalue weighted by Gasteiger charge is 2.23. The average Bonchev–Trinajstić information content (AvgIpc) is 2.76. The lowest BCUT2D eigenvalue weighted by Gasteiger charge is -2.22. The maximum absolute atomic E-state index is 13.8. The highest BCUT2D eigenvalue weighted by Crippen LogP contribution is 2.31. The lowest BCUT2D eigenvalue weighted by atomic mass is 10.0. The van der Waals surface area contributed by atoms with Gasteiger partial charge in [-0.25, -0.2) is 4.39 Å². The molecular formula is C16H21BrFN3. The first-order valence-electron chi connectivity index (χ1n) is 7.17. The number of halogens is 2. The summed E-state index contributed by atoms with van der Waals surface area (Å²) < 4.78 is 16.7. The molecule has 0 spiro atoms. The Balaban J connectivity index is 2.56. The molecule has 0 saturated carbocycles. The zero-order valence-corrected chi connectivity index (χ0v) is 14.4. The van der Waals surface area contributed by atoms with Crippen molar-refractivity contribution >= 4 is 15.9 Å². The van der Waals surface area contributed by atoms with Crippen LogP contribution < -0.4 is 5.32 Å². The van der Waals surface area contributed by atoms with Crippen LogP contribution in [0.5, 0.6) is 0 Å². The molecule has 1 heterocycles. The fourth-order valence-corrected chi connectivity index (χ4v) is 3.04. The lowest BCUT2D eigenvalue weighted by molar-refractivity contribution is 0.474. The minimum absolute atomic E-state index is 0.0938. The maximum atomic E-state index is 13.8. The summed E-state index contributed by atoms with van der Waals surface area (Å²) >= 11 is 3.57. The molecule has 2 aromatic rings. The van der Waals surface area contributed by atoms with Crippen LogP contribution in [0.3, 0.4) is 0 Å². The molecule has 0 aliphatic carbocycles. The smallest absolute Gasteiger partial charge is 0.123 e. The normalized spacial score (nSPS) is 12.9. The standard InChI is InChI=1S/C16H21BrFN3/c1-5-19-15(12-6-11(4)7-13(18)8-12)16-14(17)9-20-21(16)10(2)3/h6-10,15,19H,5H2,1-4H3. The van der Waals surface area contributed by atoms with Crippen LogP contribution in [0.15, 0.2) is 28.9 Å². The van der Waals surface area contributed by atoms with E-state index in [0.29, 0.717) is 0 Å². The minimum Gasteiger partial charge on any atom is -0.305 e. The van der Waals surface area contributed by atoms with Crippen LogP contribution in [-0.4, -0.2) is 16.3 Å². The van der Waals surface area contributed by atoms with Crippen LogP contribution in [-0.2, 0) is 0 Å². The molecule has 2 rings (SSSR count). The van der Waals surface area contributed by atoms with E-state index in [1.165, 1.54) is 0 Å². The number of hydrogen-bond acceptors (Lipinski definition) is 2. The van der Waals surface area contributed by atoms with Crippen LogP contribution in [0.1, 0.15) is 49.7 Å². The van der Waals surface area contributed by atoms with Gasteiger partial charge in [-0.05, 0) is 66.5 Å². The third-order valence-corrected chi connectivity index (χ3v) is 3.97. The summed E-state index contributed by atoms with van der Waals surface area (Å²) in [6, 6.07) is 5.29. The number of hydrogen-bond donors (Lipinski definition) is 1. The molecule has 21 heavy (non-hydrogen) atoms. The highest BCUT2D eigenvalue weighted by atomic mass is 79.9. The van der Waals surface area contributed by atoms with Crippen molar-refractivity contribution < 1.29 is 4.39 Å². The van der Waals surface area contributed by atoms with E-state index in [1.54, 1.807) is 18.3 Å². The van der Waals surface area contributed by atoms with Gasteiger partial charge in [0.1, 0.15) is 5.82 Å². The summed E-state index contributed by atoms with van der Waals surface area (Å²) in [4.78, 5) is 0. The van der Waals surface area contributed by atoms with Gasteiger partial charge in [0, 0.05) is 6.04 Å². The first kappa shape index (κ1) is 16.2. The molecule has 0 saturated heterocycles. The Morgan fingerprint density at radius 2 is 2.05 bits per heavy atom. The van der Waals surface area contributed by atoms with Crippen LogP contribution in [0.2, 0.25) is 0 Å². The number of rotatable bonds is 5. The van der Waals surface area contributed by atoms with Gasteiger partial charge < -0.3 is 5.32 Å². The van der Waals surface area contributed by atoms with Crippen molar-refractivity contribution in [2.24, 2.45) is 0 Å². The van der Waals surface area contributed by atoms with E-state index in [2.05, 4.69) is 40.2 Å². The number of aromatic nitrogens is 2. The van der Waals surface area contributed by atoms with E-state index < -0.39 is 0 Å². The zero-order chi connectivity index (χ0) is 15.6. The Hall–Kier alpha value is -1.20. The molecule has 114 valence electrons. The summed E-state index contributed by atoms with van der Waals surface area (Å²) in [7, 11) is 0. The summed E-state index contributed by atoms with van der Waals surface area (Å²) in [6.07, 6.45) is 1.80. The van der Waals surface area contributed by atoms with Gasteiger partial charge in [0.2, 0.25) is 0 Å². The van der Waals surface area contributed by atoms with Crippen LogP contribution in [0.4, 0.5) is 4.39 Å².